The second-order valence-electron chi connectivity index (χ2n) is 22.8. The smallest absolute Gasteiger partial charge is 0.0654 e. The molecule has 0 aromatic rings. The minimum atomic E-state index is -3.66. The Kier molecular flexibility index (Phi) is 64.3. The minimum absolute atomic E-state index is 0. The molecule has 0 N–H and O–H groups in total. The van der Waals surface area contributed by atoms with Gasteiger partial charge < -0.3 is 0 Å². The van der Waals surface area contributed by atoms with Crippen LogP contribution in [0.15, 0.2) is 0 Å². The van der Waals surface area contributed by atoms with Crippen molar-refractivity contribution < 1.29 is 93.9 Å². The molecule has 0 bridgehead atoms. The third-order valence-corrected chi connectivity index (χ3v) is 17.4. The standard InChI is InChI=1S/C64H125O9PSe.K/c1-5-9-12-15-18-21-24-27-30-33-36-39-42-45-48-52-61(65)69-56-51-57-72-74(68,75)73-60-64(55-8-4,58-70-62(66)53-49-46-43-40-37-34-31-28-25-22-19-16-13-10-6-2)59-71-63(67)54-50-47-44-41-38-35-32-29-26-23-20-17-14-11-7-3;/h5-60H2,1-4H3,(H,68,75);/q;+1/p-1. The van der Waals surface area contributed by atoms with Crippen molar-refractivity contribution in [2.24, 2.45) is 5.41 Å². The predicted octanol–water partition coefficient (Wildman–Crippen LogP) is 16.8. The molecule has 0 fully saturated rings. The minimum Gasteiger partial charge on any atom is -0.0654 e. The quantitative estimate of drug-likeness (QED) is 0.0193. The van der Waals surface area contributed by atoms with Gasteiger partial charge in [0.25, 0.3) is 0 Å². The fraction of sp³-hybridized carbons (Fsp3) is 0.953. The molecule has 0 radical (unpaired) electrons. The summed E-state index contributed by atoms with van der Waals surface area (Å²) in [7, 11) is 0. The number of hydrogen-bond acceptors (Lipinski definition) is 9. The summed E-state index contributed by atoms with van der Waals surface area (Å²) in [6.07, 6.45) is 56.2. The van der Waals surface area contributed by atoms with E-state index in [0.29, 0.717) is 32.1 Å². The number of ether oxygens (including phenoxy) is 3. The fourth-order valence-electron chi connectivity index (χ4n) is 10.2. The van der Waals surface area contributed by atoms with Gasteiger partial charge in [-0.15, -0.1) is 0 Å². The Bertz CT molecular complexity index is 1240. The molecule has 0 rings (SSSR count). The Morgan fingerprint density at radius 1 is 0.329 bits per heavy atom. The summed E-state index contributed by atoms with van der Waals surface area (Å²) < 4.78 is 28.8. The van der Waals surface area contributed by atoms with E-state index in [1.165, 1.54) is 231 Å². The van der Waals surface area contributed by atoms with Crippen LogP contribution in [0.2, 0.25) is 0 Å². The van der Waals surface area contributed by atoms with E-state index < -0.39 is 11.6 Å². The molecule has 446 valence electrons. The van der Waals surface area contributed by atoms with Gasteiger partial charge in [0.2, 0.25) is 0 Å². The van der Waals surface area contributed by atoms with E-state index in [9.17, 15) is 19.3 Å². The zero-order valence-corrected chi connectivity index (χ0v) is 56.9. The van der Waals surface area contributed by atoms with Crippen LogP contribution in [0.4, 0.5) is 0 Å². The third kappa shape index (κ3) is 58.1. The summed E-state index contributed by atoms with van der Waals surface area (Å²) in [4.78, 5) is 52.0. The van der Waals surface area contributed by atoms with Crippen LogP contribution < -0.4 is 56.3 Å². The molecule has 0 aliphatic rings. The summed E-state index contributed by atoms with van der Waals surface area (Å²) in [6, 6.07) is 0. The molecule has 0 aromatic carbocycles. The molecular weight excluding hydrogens is 1060 g/mol. The van der Waals surface area contributed by atoms with E-state index >= 15 is 0 Å². The van der Waals surface area contributed by atoms with Gasteiger partial charge in [0.05, 0.1) is 0 Å². The molecule has 0 aromatic heterocycles. The molecule has 0 heterocycles. The number of hydrogen-bond donors (Lipinski definition) is 0. The molecule has 0 aliphatic heterocycles. The Balaban J connectivity index is 0. The van der Waals surface area contributed by atoms with Gasteiger partial charge in [0.15, 0.2) is 0 Å². The van der Waals surface area contributed by atoms with E-state index in [4.69, 9.17) is 23.3 Å². The van der Waals surface area contributed by atoms with Crippen molar-refractivity contribution in [3.05, 3.63) is 0 Å². The molecule has 1 atom stereocenters. The summed E-state index contributed by atoms with van der Waals surface area (Å²) in [6.45, 7) is 9.03. The maximum absolute atomic E-state index is 13.5. The first-order valence-electron chi connectivity index (χ1n) is 32.7. The van der Waals surface area contributed by atoms with Crippen LogP contribution >= 0.6 is 6.19 Å². The molecule has 12 heteroatoms. The molecule has 0 saturated carbocycles. The second-order valence-corrected chi connectivity index (χ2v) is 27.0. The predicted molar refractivity (Wildman–Crippen MR) is 318 cm³/mol. The molecule has 1 unspecified atom stereocenters. The monoisotopic (exact) mass is 1190 g/mol. The number of carbonyl (C=O) groups is 3. The van der Waals surface area contributed by atoms with E-state index in [1.54, 1.807) is 0 Å². The van der Waals surface area contributed by atoms with Crippen LogP contribution in [0.3, 0.4) is 0 Å². The van der Waals surface area contributed by atoms with Crippen LogP contribution in [0.5, 0.6) is 0 Å². The average molecular weight is 1190 g/mol. The molecule has 0 amide bonds. The van der Waals surface area contributed by atoms with E-state index in [1.807, 2.05) is 6.92 Å². The zero-order valence-electron chi connectivity index (χ0n) is 51.1. The summed E-state index contributed by atoms with van der Waals surface area (Å²) in [5.41, 5.74) is -0.879. The number of rotatable bonds is 62. The third-order valence-electron chi connectivity index (χ3n) is 15.1. The second kappa shape index (κ2) is 61.9. The number of carbonyl (C=O) groups excluding carboxylic acids is 3. The van der Waals surface area contributed by atoms with Crippen molar-refractivity contribution in [1.29, 1.82) is 0 Å². The molecular formula is C64H124KO9PSe. The molecule has 0 saturated heterocycles. The van der Waals surface area contributed by atoms with Crippen LogP contribution in [0.1, 0.15) is 355 Å². The van der Waals surface area contributed by atoms with Gasteiger partial charge in [-0.2, -0.15) is 0 Å². The topological polar surface area (TPSA) is 120 Å². The van der Waals surface area contributed by atoms with Crippen LogP contribution in [-0.2, 0) is 37.6 Å². The molecule has 0 aliphatic carbocycles. The van der Waals surface area contributed by atoms with Crippen molar-refractivity contribution in [1.82, 2.24) is 0 Å². The van der Waals surface area contributed by atoms with Crippen molar-refractivity contribution >= 4 is 39.2 Å². The summed E-state index contributed by atoms with van der Waals surface area (Å²) in [5.74, 6) is -0.753. The van der Waals surface area contributed by atoms with Gasteiger partial charge in [-0.3, -0.25) is 0 Å². The van der Waals surface area contributed by atoms with Gasteiger partial charge >= 0.3 is 294 Å². The summed E-state index contributed by atoms with van der Waals surface area (Å²) >= 11 is 2.60. The Labute approximate surface area is 521 Å². The maximum atomic E-state index is 13.5. The first kappa shape index (κ1) is 78.9. The van der Waals surface area contributed by atoms with E-state index in [-0.39, 0.29) is 102 Å². The number of esters is 3. The van der Waals surface area contributed by atoms with Crippen LogP contribution in [-0.4, -0.2) is 66.0 Å². The van der Waals surface area contributed by atoms with Crippen LogP contribution in [0, 0.1) is 5.41 Å². The molecule has 9 nitrogen and oxygen atoms in total. The van der Waals surface area contributed by atoms with E-state index in [0.717, 1.165) is 64.2 Å². The Morgan fingerprint density at radius 3 is 0.842 bits per heavy atom. The van der Waals surface area contributed by atoms with Gasteiger partial charge in [-0.1, -0.05) is 233 Å². The SMILES string of the molecule is CCCCCCCCCCCCCCCCCC(=O)OCCCOP([O-])(=[Se])OCC(CCC)(COC(=O)CCCCCCCCCCCCCCCCC)COC(=O)CCCCCCCCCCCCCCCCC.[K+]. The molecule has 76 heavy (non-hydrogen) atoms. The van der Waals surface area contributed by atoms with Gasteiger partial charge in [-0.05, 0) is 0 Å². The van der Waals surface area contributed by atoms with Crippen molar-refractivity contribution in [2.45, 2.75) is 355 Å². The van der Waals surface area contributed by atoms with Gasteiger partial charge in [-0.25, -0.2) is 0 Å². The van der Waals surface area contributed by atoms with Crippen molar-refractivity contribution in [2.75, 3.05) is 33.0 Å². The normalized spacial score (nSPS) is 12.4. The molecule has 0 spiro atoms. The van der Waals surface area contributed by atoms with Crippen LogP contribution in [0.25, 0.3) is 0 Å². The number of unbranched alkanes of at least 4 members (excludes halogenated alkanes) is 42. The van der Waals surface area contributed by atoms with Crippen molar-refractivity contribution in [3.63, 3.8) is 0 Å². The Hall–Kier alpha value is 0.876. The Morgan fingerprint density at radius 2 is 0.579 bits per heavy atom. The van der Waals surface area contributed by atoms with Crippen molar-refractivity contribution in [3.8, 4) is 0 Å². The first-order chi connectivity index (χ1) is 36.6. The zero-order chi connectivity index (χ0) is 54.9. The first-order valence-corrected chi connectivity index (χ1v) is 36.5. The fourth-order valence-corrected chi connectivity index (χ4v) is 11.8. The van der Waals surface area contributed by atoms with Gasteiger partial charge in [0, 0.05) is 0 Å². The summed E-state index contributed by atoms with van der Waals surface area (Å²) in [5, 5.41) is 0. The average Bonchev–Trinajstić information content (AvgIpc) is 3.40. The van der Waals surface area contributed by atoms with E-state index in [2.05, 4.69) is 35.9 Å². The van der Waals surface area contributed by atoms with Gasteiger partial charge in [0.1, 0.15) is 0 Å².